The number of halogens is 1. The van der Waals surface area contributed by atoms with Crippen LogP contribution in [0, 0.1) is 6.92 Å². The van der Waals surface area contributed by atoms with E-state index in [4.69, 9.17) is 21.1 Å². The van der Waals surface area contributed by atoms with Crippen LogP contribution in [0.5, 0.6) is 11.5 Å². The first-order valence-corrected chi connectivity index (χ1v) is 12.8. The van der Waals surface area contributed by atoms with Gasteiger partial charge >= 0.3 is 0 Å². The minimum atomic E-state index is -0.146. The molecule has 0 aliphatic carbocycles. The van der Waals surface area contributed by atoms with Crippen molar-refractivity contribution in [2.24, 2.45) is 4.99 Å². The van der Waals surface area contributed by atoms with Crippen LogP contribution in [-0.4, -0.2) is 39.3 Å². The summed E-state index contributed by atoms with van der Waals surface area (Å²) in [6.07, 6.45) is 3.48. The maximum Gasteiger partial charge on any atom is 0.267 e. The number of hydrogen-bond acceptors (Lipinski definition) is 8. The standard InChI is InChI=1S/C25H23ClN4O3S2/c1-4-12-30-23(31)22(35-25(30)27-24-29-28-16(3)34-24)14-17-10-11-20(21(13-17)32-5-2)33-15-18-8-6-7-9-19(18)26/h4,6-11,13-14H,1,5,12,15H2,2-3H3/b22-14-,27-25+. The van der Waals surface area contributed by atoms with Crippen molar-refractivity contribution in [1.29, 1.82) is 0 Å². The van der Waals surface area contributed by atoms with Gasteiger partial charge in [-0.05, 0) is 55.4 Å². The third-order valence-electron chi connectivity index (χ3n) is 4.81. The molecular weight excluding hydrogens is 504 g/mol. The predicted octanol–water partition coefficient (Wildman–Crippen LogP) is 6.27. The second-order valence-corrected chi connectivity index (χ2v) is 9.91. The van der Waals surface area contributed by atoms with E-state index < -0.39 is 0 Å². The monoisotopic (exact) mass is 526 g/mol. The Morgan fingerprint density at radius 1 is 1.17 bits per heavy atom. The minimum absolute atomic E-state index is 0.146. The van der Waals surface area contributed by atoms with Crippen molar-refractivity contribution in [2.75, 3.05) is 13.2 Å². The largest absolute Gasteiger partial charge is 0.490 e. The van der Waals surface area contributed by atoms with Crippen LogP contribution in [0.15, 0.2) is 65.0 Å². The number of carbonyl (C=O) groups is 1. The summed E-state index contributed by atoms with van der Waals surface area (Å²) in [5.74, 6) is 1.04. The molecule has 10 heteroatoms. The summed E-state index contributed by atoms with van der Waals surface area (Å²) in [6, 6.07) is 13.1. The molecule has 0 N–H and O–H groups in total. The van der Waals surface area contributed by atoms with Gasteiger partial charge in [0.15, 0.2) is 16.7 Å². The number of rotatable bonds is 9. The number of benzene rings is 2. The molecule has 1 fully saturated rings. The molecule has 7 nitrogen and oxygen atoms in total. The van der Waals surface area contributed by atoms with Gasteiger partial charge in [0.05, 0.1) is 11.5 Å². The Kier molecular flexibility index (Phi) is 8.22. The molecule has 0 saturated carbocycles. The summed E-state index contributed by atoms with van der Waals surface area (Å²) in [6.45, 7) is 8.66. The Hall–Kier alpha value is -3.14. The van der Waals surface area contributed by atoms with Crippen molar-refractivity contribution in [3.63, 3.8) is 0 Å². The molecule has 0 spiro atoms. The van der Waals surface area contributed by atoms with E-state index in [1.54, 1.807) is 11.0 Å². The number of amidine groups is 1. The highest BCUT2D eigenvalue weighted by atomic mass is 35.5. The fourth-order valence-corrected chi connectivity index (χ4v) is 5.02. The predicted molar refractivity (Wildman–Crippen MR) is 143 cm³/mol. The summed E-state index contributed by atoms with van der Waals surface area (Å²) in [5, 5.41) is 10.5. The summed E-state index contributed by atoms with van der Waals surface area (Å²) in [4.78, 5) is 19.7. The fraction of sp³-hybridized carbons (Fsp3) is 0.200. The van der Waals surface area contributed by atoms with E-state index in [1.807, 2.05) is 62.4 Å². The van der Waals surface area contributed by atoms with Crippen LogP contribution in [0.4, 0.5) is 5.13 Å². The highest BCUT2D eigenvalue weighted by Gasteiger charge is 2.33. The molecule has 0 bridgehead atoms. The number of aromatic nitrogens is 2. The molecule has 180 valence electrons. The molecule has 1 aliphatic rings. The Morgan fingerprint density at radius 2 is 2.00 bits per heavy atom. The first-order valence-electron chi connectivity index (χ1n) is 10.8. The van der Waals surface area contributed by atoms with E-state index in [9.17, 15) is 4.79 Å². The van der Waals surface area contributed by atoms with Crippen molar-refractivity contribution in [2.45, 2.75) is 20.5 Å². The summed E-state index contributed by atoms with van der Waals surface area (Å²) in [7, 11) is 0. The Labute approximate surface area is 217 Å². The van der Waals surface area contributed by atoms with Crippen LogP contribution in [0.3, 0.4) is 0 Å². The number of aliphatic imine (C=N–C) groups is 1. The summed E-state index contributed by atoms with van der Waals surface area (Å²) < 4.78 is 11.8. The lowest BCUT2D eigenvalue weighted by atomic mass is 10.1. The lowest BCUT2D eigenvalue weighted by molar-refractivity contribution is -0.121. The first kappa shape index (κ1) is 25.0. The average Bonchev–Trinajstić information content (AvgIpc) is 3.38. The van der Waals surface area contributed by atoms with E-state index in [0.717, 1.165) is 16.1 Å². The molecule has 0 unspecified atom stereocenters. The van der Waals surface area contributed by atoms with Crippen molar-refractivity contribution in [3.05, 3.63) is 81.2 Å². The van der Waals surface area contributed by atoms with Crippen LogP contribution in [0.2, 0.25) is 5.02 Å². The number of ether oxygens (including phenoxy) is 2. The zero-order valence-electron chi connectivity index (χ0n) is 19.2. The Bertz CT molecular complexity index is 1310. The van der Waals surface area contributed by atoms with Gasteiger partial charge in [-0.1, -0.05) is 53.3 Å². The molecule has 1 aromatic heterocycles. The molecule has 3 aromatic rings. The van der Waals surface area contributed by atoms with E-state index in [1.165, 1.54) is 23.1 Å². The first-order chi connectivity index (χ1) is 17.0. The lowest BCUT2D eigenvalue weighted by Gasteiger charge is -2.13. The van der Waals surface area contributed by atoms with Gasteiger partial charge in [-0.2, -0.15) is 4.99 Å². The third kappa shape index (κ3) is 6.11. The number of nitrogens with zero attached hydrogens (tertiary/aromatic N) is 4. The van der Waals surface area contributed by atoms with Gasteiger partial charge in [0.2, 0.25) is 5.13 Å². The van der Waals surface area contributed by atoms with E-state index in [2.05, 4.69) is 21.8 Å². The van der Waals surface area contributed by atoms with Gasteiger partial charge < -0.3 is 9.47 Å². The second-order valence-electron chi connectivity index (χ2n) is 7.33. The van der Waals surface area contributed by atoms with Gasteiger partial charge in [-0.15, -0.1) is 16.8 Å². The van der Waals surface area contributed by atoms with Gasteiger partial charge in [0, 0.05) is 17.1 Å². The number of aryl methyl sites for hydroxylation is 1. The van der Waals surface area contributed by atoms with Crippen LogP contribution in [0.25, 0.3) is 6.08 Å². The van der Waals surface area contributed by atoms with Gasteiger partial charge in [-0.25, -0.2) is 0 Å². The maximum atomic E-state index is 13.1. The van der Waals surface area contributed by atoms with Gasteiger partial charge in [-0.3, -0.25) is 9.69 Å². The van der Waals surface area contributed by atoms with Crippen molar-refractivity contribution in [3.8, 4) is 11.5 Å². The van der Waals surface area contributed by atoms with Crippen LogP contribution in [0.1, 0.15) is 23.1 Å². The number of amides is 1. The number of thioether (sulfide) groups is 1. The van der Waals surface area contributed by atoms with Crippen LogP contribution < -0.4 is 9.47 Å². The Morgan fingerprint density at radius 3 is 2.71 bits per heavy atom. The highest BCUT2D eigenvalue weighted by Crippen LogP contribution is 2.36. The van der Waals surface area contributed by atoms with Crippen LogP contribution in [-0.2, 0) is 11.4 Å². The average molecular weight is 527 g/mol. The normalized spacial score (nSPS) is 15.7. The maximum absolute atomic E-state index is 13.1. The van der Waals surface area contributed by atoms with Crippen molar-refractivity contribution < 1.29 is 14.3 Å². The van der Waals surface area contributed by atoms with E-state index >= 15 is 0 Å². The van der Waals surface area contributed by atoms with Gasteiger partial charge in [0.25, 0.3) is 5.91 Å². The van der Waals surface area contributed by atoms with E-state index in [0.29, 0.717) is 51.5 Å². The van der Waals surface area contributed by atoms with Crippen molar-refractivity contribution in [1.82, 2.24) is 15.1 Å². The molecule has 1 amide bonds. The number of hydrogen-bond donors (Lipinski definition) is 0. The molecule has 2 heterocycles. The lowest BCUT2D eigenvalue weighted by Crippen LogP contribution is -2.29. The molecule has 35 heavy (non-hydrogen) atoms. The molecule has 2 aromatic carbocycles. The number of carbonyl (C=O) groups excluding carboxylic acids is 1. The highest BCUT2D eigenvalue weighted by molar-refractivity contribution is 8.18. The second kappa shape index (κ2) is 11.5. The summed E-state index contributed by atoms with van der Waals surface area (Å²) >= 11 is 8.90. The molecule has 1 aliphatic heterocycles. The smallest absolute Gasteiger partial charge is 0.267 e. The van der Waals surface area contributed by atoms with Crippen LogP contribution >= 0.6 is 34.7 Å². The molecule has 1 saturated heterocycles. The van der Waals surface area contributed by atoms with Crippen molar-refractivity contribution >= 4 is 57.0 Å². The molecule has 4 rings (SSSR count). The quantitative estimate of drug-likeness (QED) is 0.241. The topological polar surface area (TPSA) is 76.9 Å². The Balaban J connectivity index is 1.58. The summed E-state index contributed by atoms with van der Waals surface area (Å²) in [5.41, 5.74) is 1.69. The minimum Gasteiger partial charge on any atom is -0.490 e. The van der Waals surface area contributed by atoms with Gasteiger partial charge in [0.1, 0.15) is 11.6 Å². The molecule has 0 radical (unpaired) electrons. The SMILES string of the molecule is C=CCN1C(=O)/C(=C/c2ccc(OCc3ccccc3Cl)c(OCC)c2)S/C1=N/c1nnc(C)s1. The third-order valence-corrected chi connectivity index (χ3v) is 6.92. The zero-order chi connectivity index (χ0) is 24.8. The zero-order valence-corrected chi connectivity index (χ0v) is 21.6. The van der Waals surface area contributed by atoms with E-state index in [-0.39, 0.29) is 5.91 Å². The fourth-order valence-electron chi connectivity index (χ4n) is 3.22. The molecular formula is C25H23ClN4O3S2. The molecule has 0 atom stereocenters.